The highest BCUT2D eigenvalue weighted by atomic mass is 79.9. The fourth-order valence-corrected chi connectivity index (χ4v) is 2.88. The van der Waals surface area contributed by atoms with Crippen LogP contribution < -0.4 is 5.32 Å². The van der Waals surface area contributed by atoms with Gasteiger partial charge in [0.25, 0.3) is 0 Å². The molecular formula is C12H17BrN2O3S. The number of amides is 1. The molecule has 106 valence electrons. The van der Waals surface area contributed by atoms with E-state index >= 15 is 0 Å². The average Bonchev–Trinajstić information content (AvgIpc) is 2.72. The van der Waals surface area contributed by atoms with Crippen molar-refractivity contribution >= 4 is 39.1 Å². The summed E-state index contributed by atoms with van der Waals surface area (Å²) in [4.78, 5) is 24.6. The fourth-order valence-electron chi connectivity index (χ4n) is 1.68. The predicted molar refractivity (Wildman–Crippen MR) is 78.0 cm³/mol. The summed E-state index contributed by atoms with van der Waals surface area (Å²) < 4.78 is 5.75. The maximum Gasteiger partial charge on any atom is 0.329 e. The van der Waals surface area contributed by atoms with Crippen LogP contribution in [-0.2, 0) is 20.9 Å². The maximum absolute atomic E-state index is 11.6. The van der Waals surface area contributed by atoms with Crippen molar-refractivity contribution in [3.8, 4) is 0 Å². The van der Waals surface area contributed by atoms with Crippen LogP contribution in [-0.4, -0.2) is 43.5 Å². The number of halogens is 1. The van der Waals surface area contributed by atoms with Crippen molar-refractivity contribution in [1.82, 2.24) is 10.2 Å². The molecule has 0 aliphatic rings. The number of esters is 1. The van der Waals surface area contributed by atoms with Crippen LogP contribution in [0.5, 0.6) is 0 Å². The fraction of sp³-hybridized carbons (Fsp3) is 0.500. The standard InChI is InChI=1S/C12H17BrN2O3S/c1-8(16)14-10(12(17)18-3)6-15(2)5-9-4-11(13)19-7-9/h4,7,10H,5-6H2,1-3H3,(H,14,16). The molecule has 0 radical (unpaired) electrons. The Bertz CT molecular complexity index is 450. The Morgan fingerprint density at radius 1 is 1.58 bits per heavy atom. The summed E-state index contributed by atoms with van der Waals surface area (Å²) in [6.45, 7) is 2.49. The predicted octanol–water partition coefficient (Wildman–Crippen LogP) is 1.62. The second-order valence-corrected chi connectivity index (χ2v) is 6.52. The lowest BCUT2D eigenvalue weighted by Crippen LogP contribution is -2.47. The summed E-state index contributed by atoms with van der Waals surface area (Å²) in [7, 11) is 3.20. The van der Waals surface area contributed by atoms with Crippen molar-refractivity contribution in [2.45, 2.75) is 19.5 Å². The number of hydrogen-bond acceptors (Lipinski definition) is 5. The molecule has 1 aromatic rings. The smallest absolute Gasteiger partial charge is 0.329 e. The lowest BCUT2D eigenvalue weighted by atomic mass is 10.2. The highest BCUT2D eigenvalue weighted by Crippen LogP contribution is 2.21. The molecule has 0 bridgehead atoms. The summed E-state index contributed by atoms with van der Waals surface area (Å²) in [5.74, 6) is -0.685. The van der Waals surface area contributed by atoms with Crippen molar-refractivity contribution in [2.24, 2.45) is 0 Å². The van der Waals surface area contributed by atoms with E-state index in [-0.39, 0.29) is 5.91 Å². The van der Waals surface area contributed by atoms with E-state index in [0.29, 0.717) is 13.1 Å². The van der Waals surface area contributed by atoms with Gasteiger partial charge in [-0.25, -0.2) is 4.79 Å². The Morgan fingerprint density at radius 2 is 2.26 bits per heavy atom. The summed E-state index contributed by atoms with van der Waals surface area (Å²) in [5, 5.41) is 4.64. The zero-order valence-corrected chi connectivity index (χ0v) is 13.5. The van der Waals surface area contributed by atoms with Gasteiger partial charge in [0, 0.05) is 20.0 Å². The van der Waals surface area contributed by atoms with E-state index in [1.807, 2.05) is 23.4 Å². The minimum atomic E-state index is -0.644. The molecular weight excluding hydrogens is 332 g/mol. The molecule has 19 heavy (non-hydrogen) atoms. The van der Waals surface area contributed by atoms with Crippen molar-refractivity contribution in [2.75, 3.05) is 20.7 Å². The Morgan fingerprint density at radius 3 is 2.74 bits per heavy atom. The van der Waals surface area contributed by atoms with Gasteiger partial charge in [-0.2, -0.15) is 0 Å². The summed E-state index contributed by atoms with van der Waals surface area (Å²) in [5.41, 5.74) is 1.16. The van der Waals surface area contributed by atoms with Gasteiger partial charge >= 0.3 is 5.97 Å². The second kappa shape index (κ2) is 7.62. The zero-order valence-electron chi connectivity index (χ0n) is 11.1. The molecule has 0 aliphatic carbocycles. The van der Waals surface area contributed by atoms with Crippen molar-refractivity contribution in [3.05, 3.63) is 20.8 Å². The van der Waals surface area contributed by atoms with Gasteiger partial charge in [-0.3, -0.25) is 9.69 Å². The number of nitrogens with one attached hydrogen (secondary N) is 1. The lowest BCUT2D eigenvalue weighted by Gasteiger charge is -2.22. The summed E-state index contributed by atoms with van der Waals surface area (Å²) in [6.07, 6.45) is 0. The number of carbonyl (C=O) groups excluding carboxylic acids is 2. The SMILES string of the molecule is COC(=O)C(CN(C)Cc1csc(Br)c1)NC(C)=O. The van der Waals surface area contributed by atoms with Crippen LogP contribution in [0.3, 0.4) is 0 Å². The molecule has 0 aromatic carbocycles. The number of nitrogens with zero attached hydrogens (tertiary/aromatic N) is 1. The van der Waals surface area contributed by atoms with E-state index in [1.165, 1.54) is 14.0 Å². The topological polar surface area (TPSA) is 58.6 Å². The van der Waals surface area contributed by atoms with Crippen molar-refractivity contribution in [1.29, 1.82) is 0 Å². The summed E-state index contributed by atoms with van der Waals surface area (Å²) >= 11 is 5.02. The first-order valence-corrected chi connectivity index (χ1v) is 7.36. The third-order valence-corrected chi connectivity index (χ3v) is 3.98. The first kappa shape index (κ1) is 16.1. The van der Waals surface area contributed by atoms with E-state index in [9.17, 15) is 9.59 Å². The van der Waals surface area contributed by atoms with Crippen LogP contribution in [0.4, 0.5) is 0 Å². The minimum Gasteiger partial charge on any atom is -0.467 e. The molecule has 1 rings (SSSR count). The molecule has 5 nitrogen and oxygen atoms in total. The highest BCUT2D eigenvalue weighted by Gasteiger charge is 2.21. The van der Waals surface area contributed by atoms with Gasteiger partial charge in [-0.1, -0.05) is 0 Å². The van der Waals surface area contributed by atoms with Crippen LogP contribution in [0.2, 0.25) is 0 Å². The highest BCUT2D eigenvalue weighted by molar-refractivity contribution is 9.11. The van der Waals surface area contributed by atoms with Gasteiger partial charge in [-0.05, 0) is 40.0 Å². The van der Waals surface area contributed by atoms with E-state index in [1.54, 1.807) is 11.3 Å². The molecule has 7 heteroatoms. The molecule has 1 aromatic heterocycles. The third kappa shape index (κ3) is 5.71. The van der Waals surface area contributed by atoms with E-state index in [0.717, 1.165) is 9.35 Å². The first-order valence-electron chi connectivity index (χ1n) is 5.68. The number of hydrogen-bond donors (Lipinski definition) is 1. The van der Waals surface area contributed by atoms with Crippen LogP contribution in [0.15, 0.2) is 15.2 Å². The largest absolute Gasteiger partial charge is 0.467 e. The second-order valence-electron chi connectivity index (χ2n) is 4.23. The Hall–Kier alpha value is -0.920. The quantitative estimate of drug-likeness (QED) is 0.793. The summed E-state index contributed by atoms with van der Waals surface area (Å²) in [6, 6.07) is 1.39. The van der Waals surface area contributed by atoms with Crippen molar-refractivity contribution < 1.29 is 14.3 Å². The Kier molecular flexibility index (Phi) is 6.47. The van der Waals surface area contributed by atoms with Crippen molar-refractivity contribution in [3.63, 3.8) is 0 Å². The number of methoxy groups -OCH3 is 1. The van der Waals surface area contributed by atoms with Crippen LogP contribution in [0, 0.1) is 0 Å². The molecule has 0 saturated carbocycles. The molecule has 1 N–H and O–H groups in total. The van der Waals surface area contributed by atoms with E-state index in [2.05, 4.69) is 26.0 Å². The number of thiophene rings is 1. The first-order chi connectivity index (χ1) is 8.92. The minimum absolute atomic E-state index is 0.248. The van der Waals surface area contributed by atoms with Gasteiger partial charge in [0.2, 0.25) is 5.91 Å². The molecule has 1 amide bonds. The number of carbonyl (C=O) groups is 2. The molecule has 1 atom stereocenters. The Balaban J connectivity index is 2.57. The van der Waals surface area contributed by atoms with Gasteiger partial charge in [0.15, 0.2) is 0 Å². The van der Waals surface area contributed by atoms with Crippen LogP contribution in [0.1, 0.15) is 12.5 Å². The van der Waals surface area contributed by atoms with E-state index < -0.39 is 12.0 Å². The number of ether oxygens (including phenoxy) is 1. The van der Waals surface area contributed by atoms with Gasteiger partial charge in [0.05, 0.1) is 10.9 Å². The van der Waals surface area contributed by atoms with Gasteiger partial charge < -0.3 is 10.1 Å². The van der Waals surface area contributed by atoms with Gasteiger partial charge in [-0.15, -0.1) is 11.3 Å². The molecule has 0 saturated heterocycles. The molecule has 0 aliphatic heterocycles. The zero-order chi connectivity index (χ0) is 14.4. The normalized spacial score (nSPS) is 12.3. The monoisotopic (exact) mass is 348 g/mol. The molecule has 1 unspecified atom stereocenters. The number of rotatable bonds is 6. The van der Waals surface area contributed by atoms with Crippen LogP contribution in [0.25, 0.3) is 0 Å². The van der Waals surface area contributed by atoms with Gasteiger partial charge in [0.1, 0.15) is 6.04 Å². The third-order valence-electron chi connectivity index (χ3n) is 2.43. The number of likely N-dealkylation sites (N-methyl/N-ethyl adjacent to an activating group) is 1. The Labute approximate surface area is 125 Å². The average molecular weight is 349 g/mol. The van der Waals surface area contributed by atoms with E-state index in [4.69, 9.17) is 0 Å². The van der Waals surface area contributed by atoms with Crippen LogP contribution >= 0.6 is 27.3 Å². The molecule has 1 heterocycles. The maximum atomic E-state index is 11.6. The molecule has 0 spiro atoms. The lowest BCUT2D eigenvalue weighted by molar-refractivity contribution is -0.145. The molecule has 0 fully saturated rings.